The van der Waals surface area contributed by atoms with Gasteiger partial charge >= 0.3 is 6.03 Å². The van der Waals surface area contributed by atoms with Gasteiger partial charge in [-0.1, -0.05) is 18.2 Å². The highest BCUT2D eigenvalue weighted by Gasteiger charge is 2.26. The SMILES string of the molecule is COc1ccccc1C(CNC(=O)Nc1ccc(F)cc1F)N1CCCC1. The van der Waals surface area contributed by atoms with E-state index in [9.17, 15) is 13.6 Å². The quantitative estimate of drug-likeness (QED) is 0.804. The number of benzene rings is 2. The van der Waals surface area contributed by atoms with Gasteiger partial charge < -0.3 is 15.4 Å². The van der Waals surface area contributed by atoms with Crippen LogP contribution in [0.15, 0.2) is 42.5 Å². The number of methoxy groups -OCH3 is 1. The van der Waals surface area contributed by atoms with Crippen LogP contribution in [0, 0.1) is 11.6 Å². The lowest BCUT2D eigenvalue weighted by Gasteiger charge is -2.29. The average Bonchev–Trinajstić information content (AvgIpc) is 3.19. The van der Waals surface area contributed by atoms with Gasteiger partial charge in [0.15, 0.2) is 0 Å². The zero-order valence-electron chi connectivity index (χ0n) is 15.2. The number of nitrogens with one attached hydrogen (secondary N) is 2. The zero-order valence-corrected chi connectivity index (χ0v) is 15.2. The number of nitrogens with zero attached hydrogens (tertiary/aromatic N) is 1. The van der Waals surface area contributed by atoms with E-state index in [0.717, 1.165) is 49.4 Å². The summed E-state index contributed by atoms with van der Waals surface area (Å²) in [4.78, 5) is 14.5. The van der Waals surface area contributed by atoms with Gasteiger partial charge in [0.25, 0.3) is 0 Å². The van der Waals surface area contributed by atoms with Crippen LogP contribution in [-0.2, 0) is 0 Å². The third-order valence-corrected chi connectivity index (χ3v) is 4.71. The number of rotatable bonds is 6. The number of halogens is 2. The van der Waals surface area contributed by atoms with Crippen LogP contribution < -0.4 is 15.4 Å². The Morgan fingerprint density at radius 2 is 1.93 bits per heavy atom. The van der Waals surface area contributed by atoms with Crippen LogP contribution in [0.1, 0.15) is 24.4 Å². The molecule has 0 aliphatic carbocycles. The Labute approximate surface area is 157 Å². The highest BCUT2D eigenvalue weighted by Crippen LogP contribution is 2.31. The number of amides is 2. The fourth-order valence-corrected chi connectivity index (χ4v) is 3.38. The molecule has 1 aliphatic heterocycles. The molecule has 3 rings (SSSR count). The van der Waals surface area contributed by atoms with Crippen molar-refractivity contribution in [3.63, 3.8) is 0 Å². The van der Waals surface area contributed by atoms with Crippen LogP contribution >= 0.6 is 0 Å². The lowest BCUT2D eigenvalue weighted by molar-refractivity contribution is 0.224. The molecule has 2 aromatic carbocycles. The van der Waals surface area contributed by atoms with Crippen molar-refractivity contribution in [1.82, 2.24) is 10.2 Å². The number of urea groups is 1. The van der Waals surface area contributed by atoms with E-state index in [0.29, 0.717) is 6.54 Å². The summed E-state index contributed by atoms with van der Waals surface area (Å²) in [6, 6.07) is 10.2. The normalized spacial score (nSPS) is 15.4. The van der Waals surface area contributed by atoms with Gasteiger partial charge in [-0.3, -0.25) is 4.90 Å². The second-order valence-electron chi connectivity index (χ2n) is 6.46. The van der Waals surface area contributed by atoms with Gasteiger partial charge in [-0.25, -0.2) is 13.6 Å². The fraction of sp³-hybridized carbons (Fsp3) is 0.350. The Kier molecular flexibility index (Phi) is 6.24. The van der Waals surface area contributed by atoms with Crippen molar-refractivity contribution in [2.45, 2.75) is 18.9 Å². The van der Waals surface area contributed by atoms with E-state index in [1.54, 1.807) is 7.11 Å². The maximum Gasteiger partial charge on any atom is 0.319 e. The maximum atomic E-state index is 13.7. The van der Waals surface area contributed by atoms with E-state index >= 15 is 0 Å². The molecule has 1 aliphatic rings. The van der Waals surface area contributed by atoms with Crippen LogP contribution in [0.3, 0.4) is 0 Å². The Bertz CT molecular complexity index is 795. The molecule has 7 heteroatoms. The fourth-order valence-electron chi connectivity index (χ4n) is 3.38. The molecule has 1 unspecified atom stereocenters. The summed E-state index contributed by atoms with van der Waals surface area (Å²) in [5.74, 6) is -0.740. The lowest BCUT2D eigenvalue weighted by Crippen LogP contribution is -2.38. The minimum atomic E-state index is -0.814. The van der Waals surface area contributed by atoms with Crippen LogP contribution in [-0.4, -0.2) is 37.7 Å². The van der Waals surface area contributed by atoms with Gasteiger partial charge in [-0.15, -0.1) is 0 Å². The zero-order chi connectivity index (χ0) is 19.2. The molecule has 0 radical (unpaired) electrons. The molecule has 0 spiro atoms. The number of carbonyl (C=O) groups excluding carboxylic acids is 1. The monoisotopic (exact) mass is 375 g/mol. The number of hydrogen-bond donors (Lipinski definition) is 2. The molecule has 0 saturated carbocycles. The van der Waals surface area contributed by atoms with Crippen molar-refractivity contribution < 1.29 is 18.3 Å². The first-order chi connectivity index (χ1) is 13.1. The number of anilines is 1. The Balaban J connectivity index is 1.70. The lowest BCUT2D eigenvalue weighted by atomic mass is 10.0. The van der Waals surface area contributed by atoms with E-state index in [2.05, 4.69) is 15.5 Å². The molecule has 1 heterocycles. The van der Waals surface area contributed by atoms with E-state index in [1.807, 2.05) is 24.3 Å². The molecule has 2 aromatic rings. The van der Waals surface area contributed by atoms with Gasteiger partial charge in [0, 0.05) is 18.2 Å². The van der Waals surface area contributed by atoms with Gasteiger partial charge in [-0.2, -0.15) is 0 Å². The summed E-state index contributed by atoms with van der Waals surface area (Å²) in [6.07, 6.45) is 2.22. The summed E-state index contributed by atoms with van der Waals surface area (Å²) in [6.45, 7) is 2.23. The van der Waals surface area contributed by atoms with Gasteiger partial charge in [-0.05, 0) is 44.1 Å². The standard InChI is InChI=1S/C20H23F2N3O2/c1-27-19-7-3-2-6-15(19)18(25-10-4-5-11-25)13-23-20(26)24-17-9-8-14(21)12-16(17)22/h2-3,6-9,12,18H,4-5,10-11,13H2,1H3,(H2,23,24,26). The van der Waals surface area contributed by atoms with Crippen molar-refractivity contribution in [3.8, 4) is 5.75 Å². The molecular weight excluding hydrogens is 352 g/mol. The molecular formula is C20H23F2N3O2. The highest BCUT2D eigenvalue weighted by molar-refractivity contribution is 5.89. The maximum absolute atomic E-state index is 13.7. The Hall–Kier alpha value is -2.67. The molecule has 1 fully saturated rings. The molecule has 27 heavy (non-hydrogen) atoms. The molecule has 2 amide bonds. The van der Waals surface area contributed by atoms with E-state index in [4.69, 9.17) is 4.74 Å². The number of ether oxygens (including phenoxy) is 1. The van der Waals surface area contributed by atoms with Crippen molar-refractivity contribution in [2.75, 3.05) is 32.1 Å². The number of likely N-dealkylation sites (tertiary alicyclic amines) is 1. The van der Waals surface area contributed by atoms with E-state index < -0.39 is 17.7 Å². The third kappa shape index (κ3) is 4.74. The number of hydrogen-bond acceptors (Lipinski definition) is 3. The van der Waals surface area contributed by atoms with E-state index in [-0.39, 0.29) is 11.7 Å². The first-order valence-electron chi connectivity index (χ1n) is 8.95. The van der Waals surface area contributed by atoms with Gasteiger partial charge in [0.2, 0.25) is 0 Å². The number of para-hydroxylation sites is 1. The summed E-state index contributed by atoms with van der Waals surface area (Å²) < 4.78 is 32.2. The van der Waals surface area contributed by atoms with Crippen molar-refractivity contribution in [3.05, 3.63) is 59.7 Å². The van der Waals surface area contributed by atoms with Crippen LogP contribution in [0.25, 0.3) is 0 Å². The minimum absolute atomic E-state index is 0.0486. The summed E-state index contributed by atoms with van der Waals surface area (Å²) >= 11 is 0. The third-order valence-electron chi connectivity index (χ3n) is 4.71. The Morgan fingerprint density at radius 1 is 1.19 bits per heavy atom. The topological polar surface area (TPSA) is 53.6 Å². The van der Waals surface area contributed by atoms with Crippen LogP contribution in [0.4, 0.5) is 19.3 Å². The average molecular weight is 375 g/mol. The molecule has 1 saturated heterocycles. The highest BCUT2D eigenvalue weighted by atomic mass is 19.1. The Morgan fingerprint density at radius 3 is 2.63 bits per heavy atom. The number of carbonyl (C=O) groups is 1. The summed E-state index contributed by atoms with van der Waals surface area (Å²) in [5.41, 5.74) is 0.930. The molecule has 5 nitrogen and oxygen atoms in total. The molecule has 0 aromatic heterocycles. The van der Waals surface area contributed by atoms with Gasteiger partial charge in [0.1, 0.15) is 17.4 Å². The second-order valence-corrected chi connectivity index (χ2v) is 6.46. The van der Waals surface area contributed by atoms with E-state index in [1.165, 1.54) is 6.07 Å². The minimum Gasteiger partial charge on any atom is -0.496 e. The summed E-state index contributed by atoms with van der Waals surface area (Å²) in [5, 5.41) is 5.21. The second kappa shape index (κ2) is 8.81. The smallest absolute Gasteiger partial charge is 0.319 e. The predicted octanol–water partition coefficient (Wildman–Crippen LogP) is 3.93. The van der Waals surface area contributed by atoms with Crippen molar-refractivity contribution >= 4 is 11.7 Å². The van der Waals surface area contributed by atoms with Crippen LogP contribution in [0.5, 0.6) is 5.75 Å². The summed E-state index contributed by atoms with van der Waals surface area (Å²) in [7, 11) is 1.62. The first kappa shape index (κ1) is 19.1. The van der Waals surface area contributed by atoms with Crippen molar-refractivity contribution in [2.24, 2.45) is 0 Å². The largest absolute Gasteiger partial charge is 0.496 e. The molecule has 1 atom stereocenters. The molecule has 144 valence electrons. The van der Waals surface area contributed by atoms with Crippen LogP contribution in [0.2, 0.25) is 0 Å². The molecule has 0 bridgehead atoms. The first-order valence-corrected chi connectivity index (χ1v) is 8.95. The van der Waals surface area contributed by atoms with Crippen molar-refractivity contribution in [1.29, 1.82) is 0 Å². The predicted molar refractivity (Wildman–Crippen MR) is 99.9 cm³/mol. The molecule has 2 N–H and O–H groups in total. The van der Waals surface area contributed by atoms with Gasteiger partial charge in [0.05, 0.1) is 18.8 Å².